The summed E-state index contributed by atoms with van der Waals surface area (Å²) in [6, 6.07) is 2.58. The van der Waals surface area contributed by atoms with Crippen LogP contribution >= 0.6 is 11.3 Å². The van der Waals surface area contributed by atoms with Crippen LogP contribution in [0.1, 0.15) is 56.6 Å². The molecule has 0 radical (unpaired) electrons. The summed E-state index contributed by atoms with van der Waals surface area (Å²) in [5.74, 6) is 0.551. The Morgan fingerprint density at radius 2 is 2.00 bits per heavy atom. The highest BCUT2D eigenvalue weighted by molar-refractivity contribution is 7.07. The zero-order valence-corrected chi connectivity index (χ0v) is 13.5. The Kier molecular flexibility index (Phi) is 5.31. The van der Waals surface area contributed by atoms with Crippen molar-refractivity contribution >= 4 is 17.2 Å². The smallest absolute Gasteiger partial charge is 0.223 e. The molecule has 1 aromatic rings. The SMILES string of the molecule is O=C(NCC(c1ccsc1)N1CCCC1)C1CCCCC1. The van der Waals surface area contributed by atoms with E-state index in [1.54, 1.807) is 11.3 Å². The summed E-state index contributed by atoms with van der Waals surface area (Å²) >= 11 is 1.75. The molecule has 1 aliphatic heterocycles. The van der Waals surface area contributed by atoms with E-state index < -0.39 is 0 Å². The Bertz CT molecular complexity index is 434. The van der Waals surface area contributed by atoms with Crippen molar-refractivity contribution in [2.24, 2.45) is 5.92 Å². The highest BCUT2D eigenvalue weighted by Crippen LogP contribution is 2.27. The monoisotopic (exact) mass is 306 g/mol. The van der Waals surface area contributed by atoms with E-state index in [9.17, 15) is 4.79 Å². The summed E-state index contributed by atoms with van der Waals surface area (Å²) in [4.78, 5) is 14.9. The first-order chi connectivity index (χ1) is 10.3. The van der Waals surface area contributed by atoms with Crippen LogP contribution in [-0.4, -0.2) is 30.4 Å². The van der Waals surface area contributed by atoms with E-state index in [1.807, 2.05) is 0 Å². The van der Waals surface area contributed by atoms with E-state index in [4.69, 9.17) is 0 Å². The Morgan fingerprint density at radius 3 is 2.67 bits per heavy atom. The minimum Gasteiger partial charge on any atom is -0.354 e. The number of nitrogens with one attached hydrogen (secondary N) is 1. The van der Waals surface area contributed by atoms with Crippen LogP contribution in [0.5, 0.6) is 0 Å². The van der Waals surface area contributed by atoms with Crippen molar-refractivity contribution in [2.45, 2.75) is 51.0 Å². The number of amides is 1. The van der Waals surface area contributed by atoms with Crippen molar-refractivity contribution in [2.75, 3.05) is 19.6 Å². The average Bonchev–Trinajstić information content (AvgIpc) is 3.22. The van der Waals surface area contributed by atoms with Gasteiger partial charge in [0.05, 0.1) is 6.04 Å². The molecule has 3 nitrogen and oxygen atoms in total. The van der Waals surface area contributed by atoms with E-state index in [0.717, 1.165) is 19.4 Å². The molecule has 2 aliphatic rings. The summed E-state index contributed by atoms with van der Waals surface area (Å²) in [5.41, 5.74) is 1.37. The number of hydrogen-bond donors (Lipinski definition) is 1. The second kappa shape index (κ2) is 7.41. The Hall–Kier alpha value is -0.870. The summed E-state index contributed by atoms with van der Waals surface area (Å²) < 4.78 is 0. The van der Waals surface area contributed by atoms with Gasteiger partial charge in [-0.15, -0.1) is 0 Å². The summed E-state index contributed by atoms with van der Waals surface area (Å²) in [7, 11) is 0. The number of carbonyl (C=O) groups excluding carboxylic acids is 1. The third kappa shape index (κ3) is 3.86. The molecule has 1 saturated carbocycles. The van der Waals surface area contributed by atoms with E-state index in [2.05, 4.69) is 27.0 Å². The number of thiophene rings is 1. The van der Waals surface area contributed by atoms with E-state index in [-0.39, 0.29) is 11.8 Å². The minimum absolute atomic E-state index is 0.264. The molecular weight excluding hydrogens is 280 g/mol. The van der Waals surface area contributed by atoms with Crippen molar-refractivity contribution in [3.05, 3.63) is 22.4 Å². The van der Waals surface area contributed by atoms with Crippen LogP contribution in [0.25, 0.3) is 0 Å². The lowest BCUT2D eigenvalue weighted by Gasteiger charge is -2.28. The van der Waals surface area contributed by atoms with Gasteiger partial charge in [0.1, 0.15) is 0 Å². The highest BCUT2D eigenvalue weighted by atomic mass is 32.1. The molecule has 1 aromatic heterocycles. The van der Waals surface area contributed by atoms with Crippen molar-refractivity contribution in [3.63, 3.8) is 0 Å². The molecule has 21 heavy (non-hydrogen) atoms. The van der Waals surface area contributed by atoms with Gasteiger partial charge in [0.2, 0.25) is 5.91 Å². The third-order valence-corrected chi connectivity index (χ3v) is 5.66. The molecule has 3 rings (SSSR count). The third-order valence-electron chi connectivity index (χ3n) is 4.95. The van der Waals surface area contributed by atoms with Crippen LogP contribution in [0.15, 0.2) is 16.8 Å². The van der Waals surface area contributed by atoms with Gasteiger partial charge in [0.15, 0.2) is 0 Å². The minimum atomic E-state index is 0.264. The molecule has 1 atom stereocenters. The lowest BCUT2D eigenvalue weighted by atomic mass is 9.88. The second-order valence-corrected chi connectivity index (χ2v) is 7.18. The van der Waals surface area contributed by atoms with Gasteiger partial charge in [-0.3, -0.25) is 9.69 Å². The molecule has 2 fully saturated rings. The first kappa shape index (κ1) is 15.0. The first-order valence-electron chi connectivity index (χ1n) is 8.38. The van der Waals surface area contributed by atoms with Gasteiger partial charge in [0, 0.05) is 12.5 Å². The average molecular weight is 306 g/mol. The maximum atomic E-state index is 12.4. The number of hydrogen-bond acceptors (Lipinski definition) is 3. The molecule has 2 heterocycles. The van der Waals surface area contributed by atoms with Gasteiger partial charge in [-0.2, -0.15) is 11.3 Å². The lowest BCUT2D eigenvalue weighted by Crippen LogP contribution is -2.39. The fourth-order valence-corrected chi connectivity index (χ4v) is 4.39. The zero-order chi connectivity index (χ0) is 14.5. The Morgan fingerprint density at radius 1 is 1.24 bits per heavy atom. The van der Waals surface area contributed by atoms with E-state index in [1.165, 1.54) is 50.8 Å². The Balaban J connectivity index is 1.58. The van der Waals surface area contributed by atoms with Gasteiger partial charge in [-0.25, -0.2) is 0 Å². The van der Waals surface area contributed by atoms with Crippen molar-refractivity contribution in [3.8, 4) is 0 Å². The number of nitrogens with zero attached hydrogens (tertiary/aromatic N) is 1. The molecule has 0 bridgehead atoms. The molecule has 1 amide bonds. The standard InChI is InChI=1S/C17H26N2OS/c20-17(14-6-2-1-3-7-14)18-12-16(15-8-11-21-13-15)19-9-4-5-10-19/h8,11,13-14,16H,1-7,9-10,12H2,(H,18,20). The van der Waals surface area contributed by atoms with Crippen molar-refractivity contribution in [1.29, 1.82) is 0 Å². The van der Waals surface area contributed by atoms with Gasteiger partial charge in [-0.05, 0) is 61.2 Å². The maximum Gasteiger partial charge on any atom is 0.223 e. The maximum absolute atomic E-state index is 12.4. The molecule has 0 spiro atoms. The van der Waals surface area contributed by atoms with E-state index in [0.29, 0.717) is 6.04 Å². The first-order valence-corrected chi connectivity index (χ1v) is 9.33. The van der Waals surface area contributed by atoms with Crippen LogP contribution in [0.2, 0.25) is 0 Å². The summed E-state index contributed by atoms with van der Waals surface area (Å²) in [6.45, 7) is 3.10. The molecule has 116 valence electrons. The van der Waals surface area contributed by atoms with Crippen LogP contribution in [-0.2, 0) is 4.79 Å². The fourth-order valence-electron chi connectivity index (χ4n) is 3.68. The predicted octanol–water partition coefficient (Wildman–Crippen LogP) is 3.58. The normalized spacial score (nSPS) is 22.3. The quantitative estimate of drug-likeness (QED) is 0.902. The summed E-state index contributed by atoms with van der Waals surface area (Å²) in [5, 5.41) is 7.61. The lowest BCUT2D eigenvalue weighted by molar-refractivity contribution is -0.126. The molecule has 4 heteroatoms. The fraction of sp³-hybridized carbons (Fsp3) is 0.706. The topological polar surface area (TPSA) is 32.3 Å². The van der Waals surface area contributed by atoms with Gasteiger partial charge < -0.3 is 5.32 Å². The molecule has 1 N–H and O–H groups in total. The number of rotatable bonds is 5. The Labute approximate surface area is 131 Å². The summed E-state index contributed by atoms with van der Waals surface area (Å²) in [6.07, 6.45) is 8.48. The van der Waals surface area contributed by atoms with Gasteiger partial charge >= 0.3 is 0 Å². The molecular formula is C17H26N2OS. The number of carbonyl (C=O) groups is 1. The molecule has 1 saturated heterocycles. The van der Waals surface area contributed by atoms with Crippen LogP contribution in [0, 0.1) is 5.92 Å². The van der Waals surface area contributed by atoms with Gasteiger partial charge in [0.25, 0.3) is 0 Å². The van der Waals surface area contributed by atoms with Gasteiger partial charge in [-0.1, -0.05) is 19.3 Å². The molecule has 1 aliphatic carbocycles. The number of likely N-dealkylation sites (tertiary alicyclic amines) is 1. The van der Waals surface area contributed by atoms with Crippen LogP contribution in [0.3, 0.4) is 0 Å². The van der Waals surface area contributed by atoms with Crippen LogP contribution < -0.4 is 5.32 Å². The van der Waals surface area contributed by atoms with Crippen molar-refractivity contribution in [1.82, 2.24) is 10.2 Å². The molecule has 1 unspecified atom stereocenters. The zero-order valence-electron chi connectivity index (χ0n) is 12.7. The predicted molar refractivity (Wildman–Crippen MR) is 87.5 cm³/mol. The van der Waals surface area contributed by atoms with Crippen molar-refractivity contribution < 1.29 is 4.79 Å². The van der Waals surface area contributed by atoms with E-state index >= 15 is 0 Å². The van der Waals surface area contributed by atoms with Crippen LogP contribution in [0.4, 0.5) is 0 Å². The largest absolute Gasteiger partial charge is 0.354 e. The molecule has 0 aromatic carbocycles. The second-order valence-electron chi connectivity index (χ2n) is 6.40. The highest BCUT2D eigenvalue weighted by Gasteiger charge is 2.26.